The third-order valence-electron chi connectivity index (χ3n) is 2.31. The summed E-state index contributed by atoms with van der Waals surface area (Å²) in [6.07, 6.45) is 13.6. The maximum absolute atomic E-state index is 4.50. The topological polar surface area (TPSA) is 0 Å². The number of hydrogen-bond acceptors (Lipinski definition) is 5. The molecular weight excluding hydrogens is 328 g/mol. The summed E-state index contributed by atoms with van der Waals surface area (Å²) >= 11 is 10.8. The zero-order valence-electron chi connectivity index (χ0n) is 11.2. The summed E-state index contributed by atoms with van der Waals surface area (Å²) in [4.78, 5) is 5.71. The van der Waals surface area contributed by atoms with Gasteiger partial charge in [-0.1, -0.05) is 34.6 Å². The minimum Gasteiger partial charge on any atom is -0.143 e. The Bertz CT molecular complexity index is 460. The average molecular weight is 347 g/mol. The first-order chi connectivity index (χ1) is 9.08. The molecule has 104 valence electrons. The zero-order valence-corrected chi connectivity index (χ0v) is 15.5. The van der Waals surface area contributed by atoms with Gasteiger partial charge >= 0.3 is 0 Å². The van der Waals surface area contributed by atoms with Crippen LogP contribution in [0.15, 0.2) is 54.9 Å². The van der Waals surface area contributed by atoms with E-state index in [-0.39, 0.29) is 0 Å². The number of allylic oxidation sites excluding steroid dienone is 6. The van der Waals surface area contributed by atoms with Gasteiger partial charge in [0.25, 0.3) is 0 Å². The molecule has 0 bridgehead atoms. The molecular formula is C14H18S5. The highest BCUT2D eigenvalue weighted by molar-refractivity contribution is 8.80. The Balaban J connectivity index is 2.78. The van der Waals surface area contributed by atoms with E-state index in [1.54, 1.807) is 33.3 Å². The molecule has 0 N–H and O–H groups in total. The van der Waals surface area contributed by atoms with Crippen molar-refractivity contribution in [2.45, 2.75) is 20.3 Å². The molecule has 0 fully saturated rings. The molecule has 0 aliphatic carbocycles. The van der Waals surface area contributed by atoms with Crippen LogP contribution in [0, 0.1) is 0 Å². The van der Waals surface area contributed by atoms with Gasteiger partial charge in [0, 0.05) is 19.6 Å². The number of thiol groups is 2. The Hall–Kier alpha value is 0.450. The first-order valence-corrected chi connectivity index (χ1v) is 10.1. The summed E-state index contributed by atoms with van der Waals surface area (Å²) in [7, 11) is 3.54. The largest absolute Gasteiger partial charge is 0.143 e. The minimum absolute atomic E-state index is 0.925. The quantitative estimate of drug-likeness (QED) is 0.333. The van der Waals surface area contributed by atoms with Crippen LogP contribution in [0.2, 0.25) is 0 Å². The van der Waals surface area contributed by atoms with Crippen molar-refractivity contribution in [3.8, 4) is 0 Å². The van der Waals surface area contributed by atoms with Gasteiger partial charge in [0.2, 0.25) is 0 Å². The van der Waals surface area contributed by atoms with Crippen LogP contribution in [0.25, 0.3) is 0 Å². The van der Waals surface area contributed by atoms with E-state index in [1.165, 1.54) is 14.7 Å². The molecule has 0 aromatic carbocycles. The van der Waals surface area contributed by atoms with E-state index < -0.39 is 0 Å². The van der Waals surface area contributed by atoms with E-state index in [1.807, 2.05) is 6.08 Å². The first kappa shape index (κ1) is 17.5. The smallest absolute Gasteiger partial charge is 0.0208 e. The van der Waals surface area contributed by atoms with Crippen molar-refractivity contribution in [1.29, 1.82) is 0 Å². The van der Waals surface area contributed by atoms with Gasteiger partial charge < -0.3 is 0 Å². The maximum atomic E-state index is 4.50. The number of rotatable bonds is 5. The van der Waals surface area contributed by atoms with E-state index in [0.29, 0.717) is 0 Å². The van der Waals surface area contributed by atoms with Crippen LogP contribution in [0.5, 0.6) is 0 Å². The van der Waals surface area contributed by atoms with Crippen molar-refractivity contribution < 1.29 is 0 Å². The van der Waals surface area contributed by atoms with Crippen molar-refractivity contribution in [3.63, 3.8) is 0 Å². The third-order valence-corrected chi connectivity index (χ3v) is 6.22. The van der Waals surface area contributed by atoms with E-state index in [9.17, 15) is 0 Å². The van der Waals surface area contributed by atoms with Crippen LogP contribution in [0.1, 0.15) is 20.3 Å². The predicted molar refractivity (Wildman–Crippen MR) is 103 cm³/mol. The molecule has 5 heteroatoms. The minimum atomic E-state index is 0.925. The Morgan fingerprint density at radius 2 is 2.00 bits per heavy atom. The van der Waals surface area contributed by atoms with Crippen molar-refractivity contribution in [2.75, 3.05) is 6.26 Å². The fourth-order valence-electron chi connectivity index (χ4n) is 1.33. The highest BCUT2D eigenvalue weighted by Gasteiger charge is 2.08. The second-order valence-corrected chi connectivity index (χ2v) is 7.95. The standard InChI is InChI=1S/C14H18S5/c1-4-12(17-3)7-10(15)6-11(16)8-14-9-13(5-2)18-19-14/h5-9,15-16H,4H2,1-3H3/b10-6-,11-8-,12-7-,13-5-. The molecule has 1 aliphatic rings. The second kappa shape index (κ2) is 9.40. The van der Waals surface area contributed by atoms with E-state index in [0.717, 1.165) is 16.2 Å². The zero-order chi connectivity index (χ0) is 14.3. The molecule has 1 heterocycles. The van der Waals surface area contributed by atoms with Crippen LogP contribution in [-0.2, 0) is 0 Å². The lowest BCUT2D eigenvalue weighted by atomic mass is 10.3. The highest BCUT2D eigenvalue weighted by Crippen LogP contribution is 2.45. The fraction of sp³-hybridized carbons (Fsp3) is 0.286. The molecule has 0 atom stereocenters. The first-order valence-electron chi connectivity index (χ1n) is 5.87. The molecule has 1 rings (SSSR count). The second-order valence-electron chi connectivity index (χ2n) is 3.71. The van der Waals surface area contributed by atoms with Crippen LogP contribution in [0.4, 0.5) is 0 Å². The Morgan fingerprint density at radius 1 is 1.26 bits per heavy atom. The Labute approximate surface area is 139 Å². The SMILES string of the molecule is C/C=C1C=C(/C=C(S)/C=C(S)/C=C(/CC)SC)SS/1. The summed E-state index contributed by atoms with van der Waals surface area (Å²) in [6, 6.07) is 0. The van der Waals surface area contributed by atoms with Crippen molar-refractivity contribution >= 4 is 58.6 Å². The maximum Gasteiger partial charge on any atom is 0.0208 e. The van der Waals surface area contributed by atoms with Gasteiger partial charge in [-0.25, -0.2) is 0 Å². The molecule has 0 unspecified atom stereocenters. The predicted octanol–water partition coefficient (Wildman–Crippen LogP) is 6.45. The summed E-state index contributed by atoms with van der Waals surface area (Å²) < 4.78 is 0. The van der Waals surface area contributed by atoms with Gasteiger partial charge in [-0.2, -0.15) is 0 Å². The van der Waals surface area contributed by atoms with Gasteiger partial charge in [-0.3, -0.25) is 0 Å². The summed E-state index contributed by atoms with van der Waals surface area (Å²) in [6.45, 7) is 4.20. The molecule has 0 nitrogen and oxygen atoms in total. The molecule has 0 spiro atoms. The highest BCUT2D eigenvalue weighted by atomic mass is 33.1. The van der Waals surface area contributed by atoms with E-state index >= 15 is 0 Å². The molecule has 0 aromatic heterocycles. The van der Waals surface area contributed by atoms with Crippen LogP contribution in [0.3, 0.4) is 0 Å². The van der Waals surface area contributed by atoms with Crippen LogP contribution < -0.4 is 0 Å². The van der Waals surface area contributed by atoms with Crippen molar-refractivity contribution in [3.05, 3.63) is 54.9 Å². The van der Waals surface area contributed by atoms with E-state index in [4.69, 9.17) is 0 Å². The van der Waals surface area contributed by atoms with Crippen molar-refractivity contribution in [2.24, 2.45) is 0 Å². The molecule has 0 radical (unpaired) electrons. The van der Waals surface area contributed by atoms with Crippen molar-refractivity contribution in [1.82, 2.24) is 0 Å². The lowest BCUT2D eigenvalue weighted by molar-refractivity contribution is 1.20. The van der Waals surface area contributed by atoms with Gasteiger partial charge in [0.1, 0.15) is 0 Å². The van der Waals surface area contributed by atoms with Crippen LogP contribution >= 0.6 is 58.6 Å². The average Bonchev–Trinajstić information content (AvgIpc) is 2.83. The third kappa shape index (κ3) is 6.63. The summed E-state index contributed by atoms with van der Waals surface area (Å²) in [5, 5.41) is 0. The summed E-state index contributed by atoms with van der Waals surface area (Å²) in [5.41, 5.74) is 0. The molecule has 0 saturated heterocycles. The monoisotopic (exact) mass is 346 g/mol. The van der Waals surface area contributed by atoms with E-state index in [2.05, 4.69) is 69.7 Å². The number of thioether (sulfide) groups is 1. The Kier molecular flexibility index (Phi) is 8.66. The molecule has 0 amide bonds. The number of hydrogen-bond donors (Lipinski definition) is 2. The Morgan fingerprint density at radius 3 is 2.53 bits per heavy atom. The van der Waals surface area contributed by atoms with Gasteiger partial charge in [-0.05, 0) is 48.8 Å². The lowest BCUT2D eigenvalue weighted by Gasteiger charge is -2.00. The van der Waals surface area contributed by atoms with Gasteiger partial charge in [0.05, 0.1) is 0 Å². The van der Waals surface area contributed by atoms with Crippen LogP contribution in [-0.4, -0.2) is 6.26 Å². The molecule has 0 aromatic rings. The molecule has 0 saturated carbocycles. The fourth-order valence-corrected chi connectivity index (χ4v) is 4.90. The van der Waals surface area contributed by atoms with Gasteiger partial charge in [-0.15, -0.1) is 37.0 Å². The summed E-state index contributed by atoms with van der Waals surface area (Å²) in [5.74, 6) is 0. The lowest BCUT2D eigenvalue weighted by Crippen LogP contribution is -1.75. The normalized spacial score (nSPS) is 20.2. The molecule has 1 aliphatic heterocycles. The van der Waals surface area contributed by atoms with Gasteiger partial charge in [0.15, 0.2) is 0 Å². The molecule has 19 heavy (non-hydrogen) atoms.